The van der Waals surface area contributed by atoms with Crippen LogP contribution in [0.4, 0.5) is 0 Å². The maximum absolute atomic E-state index is 11.7. The minimum atomic E-state index is -0.528. The standard InChI is InChI=1S/C32H32O5/c1-5-23-16-22(4)6-12-29(23)28-10-9-24-17-25(7-8-26(24)18-28)27-11-13-30(35-15-14-33)31(19-27)36-20-37-32(34)21(2)3/h6-13,16-19,33H,2,5,14-15,20H2,1,3-4H3. The van der Waals surface area contributed by atoms with Crippen LogP contribution in [-0.4, -0.2) is 31.1 Å². The van der Waals surface area contributed by atoms with Gasteiger partial charge in [-0.2, -0.15) is 0 Å². The Kier molecular flexibility index (Phi) is 8.26. The van der Waals surface area contributed by atoms with Crippen molar-refractivity contribution in [2.45, 2.75) is 27.2 Å². The lowest BCUT2D eigenvalue weighted by Gasteiger charge is -2.15. The van der Waals surface area contributed by atoms with Crippen LogP contribution in [0.1, 0.15) is 25.0 Å². The van der Waals surface area contributed by atoms with Gasteiger partial charge in [0.05, 0.1) is 6.61 Å². The van der Waals surface area contributed by atoms with Gasteiger partial charge >= 0.3 is 5.97 Å². The van der Waals surface area contributed by atoms with Crippen molar-refractivity contribution in [2.24, 2.45) is 0 Å². The van der Waals surface area contributed by atoms with Crippen molar-refractivity contribution in [3.05, 3.63) is 96.1 Å². The normalized spacial score (nSPS) is 10.8. The molecule has 5 heteroatoms. The SMILES string of the molecule is C=C(C)C(=O)OCOc1cc(-c2ccc3cc(-c4ccc(C)cc4CC)ccc3c2)ccc1OCCO. The molecule has 0 heterocycles. The molecule has 4 rings (SSSR count). The average molecular weight is 497 g/mol. The van der Waals surface area contributed by atoms with Crippen LogP contribution >= 0.6 is 0 Å². The van der Waals surface area contributed by atoms with Gasteiger partial charge in [-0.3, -0.25) is 0 Å². The van der Waals surface area contributed by atoms with Crippen LogP contribution in [0.25, 0.3) is 33.0 Å². The first kappa shape index (κ1) is 26.0. The first-order valence-corrected chi connectivity index (χ1v) is 12.4. The molecule has 5 nitrogen and oxygen atoms in total. The zero-order valence-corrected chi connectivity index (χ0v) is 21.5. The number of fused-ring (bicyclic) bond motifs is 1. The molecule has 0 unspecified atom stereocenters. The summed E-state index contributed by atoms with van der Waals surface area (Å²) in [6, 6.07) is 25.1. The van der Waals surface area contributed by atoms with Crippen molar-refractivity contribution in [3.63, 3.8) is 0 Å². The summed E-state index contributed by atoms with van der Waals surface area (Å²) in [5.41, 5.74) is 7.34. The van der Waals surface area contributed by atoms with Crippen molar-refractivity contribution in [1.82, 2.24) is 0 Å². The number of aliphatic hydroxyl groups is 1. The molecule has 0 saturated heterocycles. The fourth-order valence-electron chi connectivity index (χ4n) is 4.23. The molecule has 0 aliphatic carbocycles. The number of aryl methyl sites for hydroxylation is 2. The molecule has 0 aliphatic heterocycles. The summed E-state index contributed by atoms with van der Waals surface area (Å²) in [5.74, 6) is 0.349. The van der Waals surface area contributed by atoms with E-state index in [9.17, 15) is 4.79 Å². The summed E-state index contributed by atoms with van der Waals surface area (Å²) in [6.45, 7) is 9.19. The summed E-state index contributed by atoms with van der Waals surface area (Å²) in [5, 5.41) is 11.4. The number of carbonyl (C=O) groups is 1. The maximum atomic E-state index is 11.7. The van der Waals surface area contributed by atoms with Gasteiger partial charge in [-0.25, -0.2) is 4.79 Å². The summed E-state index contributed by atoms with van der Waals surface area (Å²) < 4.78 is 16.4. The molecule has 190 valence electrons. The molecular weight excluding hydrogens is 464 g/mol. The molecule has 0 saturated carbocycles. The number of aliphatic hydroxyl groups excluding tert-OH is 1. The smallest absolute Gasteiger partial charge is 0.335 e. The maximum Gasteiger partial charge on any atom is 0.335 e. The van der Waals surface area contributed by atoms with Gasteiger partial charge in [0, 0.05) is 5.57 Å². The summed E-state index contributed by atoms with van der Waals surface area (Å²) in [6.07, 6.45) is 0.989. The van der Waals surface area contributed by atoms with Gasteiger partial charge in [0.1, 0.15) is 6.61 Å². The van der Waals surface area contributed by atoms with Crippen LogP contribution in [0.5, 0.6) is 11.5 Å². The minimum absolute atomic E-state index is 0.124. The van der Waals surface area contributed by atoms with Gasteiger partial charge in [0.25, 0.3) is 0 Å². The van der Waals surface area contributed by atoms with Gasteiger partial charge in [0.2, 0.25) is 6.79 Å². The Morgan fingerprint density at radius 3 is 2.22 bits per heavy atom. The minimum Gasteiger partial charge on any atom is -0.487 e. The van der Waals surface area contributed by atoms with Gasteiger partial charge in [-0.15, -0.1) is 0 Å². The average Bonchev–Trinajstić information content (AvgIpc) is 2.91. The van der Waals surface area contributed by atoms with E-state index < -0.39 is 5.97 Å². The molecular formula is C32H32O5. The third-order valence-electron chi connectivity index (χ3n) is 6.17. The number of rotatable bonds is 10. The molecule has 37 heavy (non-hydrogen) atoms. The van der Waals surface area contributed by atoms with E-state index in [1.54, 1.807) is 13.0 Å². The highest BCUT2D eigenvalue weighted by atomic mass is 16.7. The Labute approximate surface area is 217 Å². The van der Waals surface area contributed by atoms with Crippen LogP contribution in [-0.2, 0) is 16.0 Å². The second-order valence-corrected chi connectivity index (χ2v) is 9.00. The van der Waals surface area contributed by atoms with E-state index >= 15 is 0 Å². The van der Waals surface area contributed by atoms with Crippen molar-refractivity contribution in [2.75, 3.05) is 20.0 Å². The molecule has 0 aliphatic rings. The van der Waals surface area contributed by atoms with Crippen LogP contribution in [0, 0.1) is 6.92 Å². The second-order valence-electron chi connectivity index (χ2n) is 9.00. The predicted molar refractivity (Wildman–Crippen MR) is 148 cm³/mol. The fraction of sp³-hybridized carbons (Fsp3) is 0.219. The van der Waals surface area contributed by atoms with Crippen LogP contribution < -0.4 is 9.47 Å². The van der Waals surface area contributed by atoms with Gasteiger partial charge in [0.15, 0.2) is 11.5 Å². The third-order valence-corrected chi connectivity index (χ3v) is 6.17. The molecule has 0 fully saturated rings. The number of hydrogen-bond donors (Lipinski definition) is 1. The number of carbonyl (C=O) groups excluding carboxylic acids is 1. The van der Waals surface area contributed by atoms with Crippen LogP contribution in [0.3, 0.4) is 0 Å². The summed E-state index contributed by atoms with van der Waals surface area (Å²) >= 11 is 0. The Balaban J connectivity index is 1.63. The van der Waals surface area contributed by atoms with E-state index in [2.05, 4.69) is 75.0 Å². The summed E-state index contributed by atoms with van der Waals surface area (Å²) in [4.78, 5) is 11.7. The quantitative estimate of drug-likeness (QED) is 0.147. The first-order chi connectivity index (χ1) is 17.9. The molecule has 4 aromatic carbocycles. The van der Waals surface area contributed by atoms with E-state index in [0.29, 0.717) is 17.1 Å². The third kappa shape index (κ3) is 6.19. The van der Waals surface area contributed by atoms with E-state index in [1.165, 1.54) is 22.3 Å². The molecule has 0 aromatic heterocycles. The van der Waals surface area contributed by atoms with Gasteiger partial charge in [-0.05, 0) is 83.1 Å². The number of ether oxygens (including phenoxy) is 3. The van der Waals surface area contributed by atoms with E-state index in [1.807, 2.05) is 12.1 Å². The van der Waals surface area contributed by atoms with Crippen LogP contribution in [0.2, 0.25) is 0 Å². The Morgan fingerprint density at radius 1 is 0.838 bits per heavy atom. The van der Waals surface area contributed by atoms with Crippen molar-refractivity contribution in [3.8, 4) is 33.8 Å². The predicted octanol–water partition coefficient (Wildman–Crippen LogP) is 6.87. The first-order valence-electron chi connectivity index (χ1n) is 12.4. The lowest BCUT2D eigenvalue weighted by molar-refractivity contribution is -0.145. The molecule has 0 atom stereocenters. The number of benzene rings is 4. The van der Waals surface area contributed by atoms with E-state index in [4.69, 9.17) is 19.3 Å². The number of esters is 1. The molecule has 0 amide bonds. The monoisotopic (exact) mass is 496 g/mol. The highest BCUT2D eigenvalue weighted by Crippen LogP contribution is 2.35. The highest BCUT2D eigenvalue weighted by molar-refractivity contribution is 5.91. The van der Waals surface area contributed by atoms with Crippen LogP contribution in [0.15, 0.2) is 84.9 Å². The van der Waals surface area contributed by atoms with Gasteiger partial charge in [-0.1, -0.05) is 67.6 Å². The Morgan fingerprint density at radius 2 is 1.51 bits per heavy atom. The van der Waals surface area contributed by atoms with Crippen molar-refractivity contribution < 1.29 is 24.1 Å². The van der Waals surface area contributed by atoms with Crippen molar-refractivity contribution >= 4 is 16.7 Å². The molecule has 0 radical (unpaired) electrons. The van der Waals surface area contributed by atoms with Crippen molar-refractivity contribution in [1.29, 1.82) is 0 Å². The van der Waals surface area contributed by atoms with Gasteiger partial charge < -0.3 is 19.3 Å². The lowest BCUT2D eigenvalue weighted by Crippen LogP contribution is -2.11. The highest BCUT2D eigenvalue weighted by Gasteiger charge is 2.12. The van der Waals surface area contributed by atoms with E-state index in [-0.39, 0.29) is 20.0 Å². The zero-order valence-electron chi connectivity index (χ0n) is 21.5. The number of hydrogen-bond acceptors (Lipinski definition) is 5. The Bertz CT molecular complexity index is 1440. The topological polar surface area (TPSA) is 65.0 Å². The fourth-order valence-corrected chi connectivity index (χ4v) is 4.23. The summed E-state index contributed by atoms with van der Waals surface area (Å²) in [7, 11) is 0. The van der Waals surface area contributed by atoms with E-state index in [0.717, 1.165) is 28.3 Å². The molecule has 4 aromatic rings. The second kappa shape index (κ2) is 11.8. The zero-order chi connectivity index (χ0) is 26.4. The Hall–Kier alpha value is -4.09. The molecule has 0 spiro atoms. The molecule has 1 N–H and O–H groups in total. The molecule has 0 bridgehead atoms. The largest absolute Gasteiger partial charge is 0.487 e. The lowest BCUT2D eigenvalue weighted by atomic mass is 9.93.